The van der Waals surface area contributed by atoms with Gasteiger partial charge in [-0.25, -0.2) is 0 Å². The molecule has 18 heavy (non-hydrogen) atoms. The Morgan fingerprint density at radius 2 is 2.00 bits per heavy atom. The van der Waals surface area contributed by atoms with Gasteiger partial charge >= 0.3 is 0 Å². The molecular formula is C15H25NO2. The number of aliphatic hydroxyl groups is 1. The fourth-order valence-electron chi connectivity index (χ4n) is 2.14. The topological polar surface area (TPSA) is 41.5 Å². The minimum absolute atomic E-state index is 0.193. The molecule has 0 fully saturated rings. The third kappa shape index (κ3) is 3.72. The lowest BCUT2D eigenvalue weighted by Crippen LogP contribution is -2.19. The Bertz CT molecular complexity index is 377. The largest absolute Gasteiger partial charge is 0.493 e. The summed E-state index contributed by atoms with van der Waals surface area (Å²) in [5.41, 5.74) is 3.61. The molecule has 1 rings (SSSR count). The Kier molecular flexibility index (Phi) is 6.16. The van der Waals surface area contributed by atoms with Gasteiger partial charge in [0.15, 0.2) is 0 Å². The van der Waals surface area contributed by atoms with Crippen LogP contribution in [-0.4, -0.2) is 25.4 Å². The molecule has 1 aromatic rings. The zero-order chi connectivity index (χ0) is 13.5. The van der Waals surface area contributed by atoms with E-state index >= 15 is 0 Å². The van der Waals surface area contributed by atoms with Crippen molar-refractivity contribution in [3.63, 3.8) is 0 Å². The highest BCUT2D eigenvalue weighted by atomic mass is 16.5. The highest BCUT2D eigenvalue weighted by Gasteiger charge is 2.13. The van der Waals surface area contributed by atoms with Crippen LogP contribution in [0, 0.1) is 13.8 Å². The molecule has 3 heteroatoms. The third-order valence-corrected chi connectivity index (χ3v) is 3.17. The Hall–Kier alpha value is -1.06. The van der Waals surface area contributed by atoms with Gasteiger partial charge in [0.25, 0.3) is 0 Å². The van der Waals surface area contributed by atoms with Crippen molar-refractivity contribution in [2.24, 2.45) is 0 Å². The van der Waals surface area contributed by atoms with Crippen LogP contribution in [0.3, 0.4) is 0 Å². The first kappa shape index (κ1) is 15.0. The second kappa shape index (κ2) is 7.39. The first-order chi connectivity index (χ1) is 8.63. The van der Waals surface area contributed by atoms with E-state index in [1.54, 1.807) is 0 Å². The molecule has 102 valence electrons. The molecule has 3 nitrogen and oxygen atoms in total. The Balaban J connectivity index is 2.97. The van der Waals surface area contributed by atoms with E-state index in [-0.39, 0.29) is 12.6 Å². The molecule has 0 heterocycles. The number of nitrogens with one attached hydrogen (secondary N) is 1. The number of hydrogen-bond acceptors (Lipinski definition) is 3. The first-order valence-corrected chi connectivity index (χ1v) is 6.66. The van der Waals surface area contributed by atoms with Crippen LogP contribution in [0.2, 0.25) is 0 Å². The smallest absolute Gasteiger partial charge is 0.122 e. The zero-order valence-electron chi connectivity index (χ0n) is 11.9. The maximum absolute atomic E-state index is 9.10. The lowest BCUT2D eigenvalue weighted by Gasteiger charge is -2.20. The van der Waals surface area contributed by atoms with Crippen molar-refractivity contribution in [1.82, 2.24) is 5.32 Å². The molecule has 0 bridgehead atoms. The molecule has 0 aliphatic heterocycles. The summed E-state index contributed by atoms with van der Waals surface area (Å²) < 4.78 is 5.73. The molecule has 0 saturated carbocycles. The summed E-state index contributed by atoms with van der Waals surface area (Å²) in [5.74, 6) is 0.969. The van der Waals surface area contributed by atoms with Gasteiger partial charge in [-0.3, -0.25) is 0 Å². The van der Waals surface area contributed by atoms with E-state index in [0.29, 0.717) is 0 Å². The number of ether oxygens (including phenoxy) is 1. The van der Waals surface area contributed by atoms with Gasteiger partial charge in [0.2, 0.25) is 0 Å². The summed E-state index contributed by atoms with van der Waals surface area (Å²) in [6.07, 6.45) is 1.75. The minimum atomic E-state index is 0.193. The second-order valence-electron chi connectivity index (χ2n) is 4.68. The number of aryl methyl sites for hydroxylation is 2. The van der Waals surface area contributed by atoms with Gasteiger partial charge in [0, 0.05) is 12.6 Å². The Labute approximate surface area is 110 Å². The van der Waals surface area contributed by atoms with E-state index in [4.69, 9.17) is 9.84 Å². The number of rotatable bonds is 7. The zero-order valence-corrected chi connectivity index (χ0v) is 11.9. The van der Waals surface area contributed by atoms with E-state index in [0.717, 1.165) is 30.8 Å². The van der Waals surface area contributed by atoms with Gasteiger partial charge in [-0.2, -0.15) is 0 Å². The molecule has 0 amide bonds. The molecular weight excluding hydrogens is 226 g/mol. The fraction of sp³-hybridized carbons (Fsp3) is 0.600. The molecule has 1 unspecified atom stereocenters. The summed E-state index contributed by atoms with van der Waals surface area (Å²) in [7, 11) is 1.93. The van der Waals surface area contributed by atoms with Crippen molar-refractivity contribution in [1.29, 1.82) is 0 Å². The predicted octanol–water partition coefficient (Wildman–Crippen LogP) is 2.74. The van der Waals surface area contributed by atoms with Gasteiger partial charge in [-0.15, -0.1) is 0 Å². The predicted molar refractivity (Wildman–Crippen MR) is 75.2 cm³/mol. The second-order valence-corrected chi connectivity index (χ2v) is 4.68. The number of aliphatic hydroxyl groups excluding tert-OH is 1. The molecule has 0 radical (unpaired) electrons. The lowest BCUT2D eigenvalue weighted by atomic mass is 9.96. The molecule has 0 aromatic heterocycles. The van der Waals surface area contributed by atoms with Crippen LogP contribution in [0.15, 0.2) is 12.1 Å². The maximum Gasteiger partial charge on any atom is 0.122 e. The quantitative estimate of drug-likeness (QED) is 0.783. The summed E-state index contributed by atoms with van der Waals surface area (Å²) in [6.45, 7) is 7.22. The fourth-order valence-corrected chi connectivity index (χ4v) is 2.14. The molecule has 1 aromatic carbocycles. The summed E-state index contributed by atoms with van der Waals surface area (Å²) in [5, 5.41) is 12.3. The van der Waals surface area contributed by atoms with Crippen molar-refractivity contribution < 1.29 is 9.84 Å². The summed E-state index contributed by atoms with van der Waals surface area (Å²) in [6, 6.07) is 4.47. The average molecular weight is 251 g/mol. The Morgan fingerprint density at radius 3 is 2.56 bits per heavy atom. The standard InChI is InChI=1S/C15H25NO2/c1-5-8-18-15-10-11(2)13(9-12(15)3)14(16-4)6-7-17/h9-10,14,16-17H,5-8H2,1-4H3. The summed E-state index contributed by atoms with van der Waals surface area (Å²) in [4.78, 5) is 0. The van der Waals surface area contributed by atoms with Crippen LogP contribution in [0.1, 0.15) is 42.5 Å². The Morgan fingerprint density at radius 1 is 1.28 bits per heavy atom. The normalized spacial score (nSPS) is 12.5. The lowest BCUT2D eigenvalue weighted by molar-refractivity contribution is 0.268. The van der Waals surface area contributed by atoms with Crippen molar-refractivity contribution >= 4 is 0 Å². The number of benzene rings is 1. The van der Waals surface area contributed by atoms with Gasteiger partial charge in [-0.05, 0) is 56.5 Å². The van der Waals surface area contributed by atoms with Crippen LogP contribution in [0.5, 0.6) is 5.75 Å². The van der Waals surface area contributed by atoms with Crippen molar-refractivity contribution in [2.45, 2.75) is 39.7 Å². The monoisotopic (exact) mass is 251 g/mol. The van der Waals surface area contributed by atoms with Crippen LogP contribution in [0.25, 0.3) is 0 Å². The van der Waals surface area contributed by atoms with E-state index in [1.807, 2.05) is 7.05 Å². The molecule has 0 aliphatic rings. The first-order valence-electron chi connectivity index (χ1n) is 6.66. The molecule has 0 saturated heterocycles. The molecule has 1 atom stereocenters. The molecule has 0 aliphatic carbocycles. The van der Waals surface area contributed by atoms with Gasteiger partial charge < -0.3 is 15.2 Å². The maximum atomic E-state index is 9.10. The summed E-state index contributed by atoms with van der Waals surface area (Å²) >= 11 is 0. The van der Waals surface area contributed by atoms with E-state index in [2.05, 4.69) is 38.2 Å². The van der Waals surface area contributed by atoms with Crippen molar-refractivity contribution in [3.8, 4) is 5.75 Å². The number of hydrogen-bond donors (Lipinski definition) is 2. The highest BCUT2D eigenvalue weighted by Crippen LogP contribution is 2.28. The third-order valence-electron chi connectivity index (χ3n) is 3.17. The van der Waals surface area contributed by atoms with Crippen LogP contribution >= 0.6 is 0 Å². The van der Waals surface area contributed by atoms with E-state index < -0.39 is 0 Å². The highest BCUT2D eigenvalue weighted by molar-refractivity contribution is 5.42. The molecule has 2 N–H and O–H groups in total. The molecule has 0 spiro atoms. The van der Waals surface area contributed by atoms with Crippen molar-refractivity contribution in [2.75, 3.05) is 20.3 Å². The van der Waals surface area contributed by atoms with E-state index in [9.17, 15) is 0 Å². The van der Waals surface area contributed by atoms with Crippen LogP contribution < -0.4 is 10.1 Å². The average Bonchev–Trinajstić information content (AvgIpc) is 2.37. The SMILES string of the molecule is CCCOc1cc(C)c(C(CCO)NC)cc1C. The van der Waals surface area contributed by atoms with Crippen molar-refractivity contribution in [3.05, 3.63) is 28.8 Å². The van der Waals surface area contributed by atoms with Gasteiger partial charge in [0.05, 0.1) is 6.61 Å². The van der Waals surface area contributed by atoms with Gasteiger partial charge in [-0.1, -0.05) is 13.0 Å². The minimum Gasteiger partial charge on any atom is -0.493 e. The van der Waals surface area contributed by atoms with Crippen LogP contribution in [-0.2, 0) is 0 Å². The van der Waals surface area contributed by atoms with E-state index in [1.165, 1.54) is 11.1 Å². The van der Waals surface area contributed by atoms with Crippen LogP contribution in [0.4, 0.5) is 0 Å². The van der Waals surface area contributed by atoms with Gasteiger partial charge in [0.1, 0.15) is 5.75 Å².